The summed E-state index contributed by atoms with van der Waals surface area (Å²) >= 11 is 7.69. The summed E-state index contributed by atoms with van der Waals surface area (Å²) in [5.41, 5.74) is 8.12. The SMILES string of the molecule is Nc1ccc(SCc2ccccc2CC(=O)O)c(Cl)c1. The molecule has 2 aromatic carbocycles. The molecule has 3 N–H and O–H groups in total. The van der Waals surface area contributed by atoms with Gasteiger partial charge in [0, 0.05) is 16.3 Å². The highest BCUT2D eigenvalue weighted by molar-refractivity contribution is 7.98. The molecule has 0 aliphatic carbocycles. The van der Waals surface area contributed by atoms with E-state index in [1.807, 2.05) is 30.3 Å². The Bertz CT molecular complexity index is 631. The lowest BCUT2D eigenvalue weighted by Crippen LogP contribution is -2.02. The summed E-state index contributed by atoms with van der Waals surface area (Å²) in [6.45, 7) is 0. The number of nitrogens with two attached hydrogens (primary N) is 1. The molecule has 0 fully saturated rings. The van der Waals surface area contributed by atoms with Crippen molar-refractivity contribution in [2.75, 3.05) is 5.73 Å². The minimum Gasteiger partial charge on any atom is -0.481 e. The molecule has 0 heterocycles. The van der Waals surface area contributed by atoms with Gasteiger partial charge in [0.1, 0.15) is 0 Å². The molecule has 104 valence electrons. The van der Waals surface area contributed by atoms with E-state index in [0.717, 1.165) is 16.0 Å². The van der Waals surface area contributed by atoms with Gasteiger partial charge < -0.3 is 10.8 Å². The van der Waals surface area contributed by atoms with Crippen molar-refractivity contribution < 1.29 is 9.90 Å². The van der Waals surface area contributed by atoms with Crippen molar-refractivity contribution in [2.45, 2.75) is 17.1 Å². The molecular formula is C15H14ClNO2S. The predicted molar refractivity (Wildman–Crippen MR) is 83.2 cm³/mol. The first kappa shape index (κ1) is 14.8. The Kier molecular flexibility index (Phi) is 4.93. The monoisotopic (exact) mass is 307 g/mol. The smallest absolute Gasteiger partial charge is 0.307 e. The molecule has 3 nitrogen and oxygen atoms in total. The normalized spacial score (nSPS) is 10.4. The van der Waals surface area contributed by atoms with Crippen LogP contribution in [0.4, 0.5) is 5.69 Å². The molecule has 0 aliphatic heterocycles. The van der Waals surface area contributed by atoms with Crippen LogP contribution in [0.25, 0.3) is 0 Å². The highest BCUT2D eigenvalue weighted by Gasteiger charge is 2.08. The fraction of sp³-hybridized carbons (Fsp3) is 0.133. The van der Waals surface area contributed by atoms with Crippen molar-refractivity contribution in [1.82, 2.24) is 0 Å². The lowest BCUT2D eigenvalue weighted by Gasteiger charge is -2.09. The second kappa shape index (κ2) is 6.68. The molecule has 20 heavy (non-hydrogen) atoms. The lowest BCUT2D eigenvalue weighted by atomic mass is 10.1. The fourth-order valence-electron chi connectivity index (χ4n) is 1.82. The maximum atomic E-state index is 10.8. The number of halogens is 1. The van der Waals surface area contributed by atoms with Crippen LogP contribution in [0.5, 0.6) is 0 Å². The fourth-order valence-corrected chi connectivity index (χ4v) is 3.13. The molecule has 2 aromatic rings. The zero-order valence-corrected chi connectivity index (χ0v) is 12.2. The predicted octanol–water partition coefficient (Wildman–Crippen LogP) is 3.84. The van der Waals surface area contributed by atoms with Crippen LogP contribution in [0.1, 0.15) is 11.1 Å². The highest BCUT2D eigenvalue weighted by Crippen LogP contribution is 2.31. The van der Waals surface area contributed by atoms with E-state index in [1.165, 1.54) is 0 Å². The number of aliphatic carboxylic acids is 1. The summed E-state index contributed by atoms with van der Waals surface area (Å²) in [6.07, 6.45) is 0.0339. The first-order valence-corrected chi connectivity index (χ1v) is 7.39. The zero-order chi connectivity index (χ0) is 14.5. The Morgan fingerprint density at radius 3 is 2.55 bits per heavy atom. The summed E-state index contributed by atoms with van der Waals surface area (Å²) in [7, 11) is 0. The Morgan fingerprint density at radius 1 is 1.20 bits per heavy atom. The summed E-state index contributed by atoms with van der Waals surface area (Å²) in [6, 6.07) is 12.9. The third-order valence-corrected chi connectivity index (χ3v) is 4.35. The highest BCUT2D eigenvalue weighted by atomic mass is 35.5. The molecule has 5 heteroatoms. The minimum atomic E-state index is -0.826. The van der Waals surface area contributed by atoms with Crippen LogP contribution in [0.2, 0.25) is 5.02 Å². The number of nitrogen functional groups attached to an aromatic ring is 1. The number of anilines is 1. The number of thioether (sulfide) groups is 1. The Balaban J connectivity index is 2.12. The van der Waals surface area contributed by atoms with Crippen molar-refractivity contribution >= 4 is 35.0 Å². The summed E-state index contributed by atoms with van der Waals surface area (Å²) < 4.78 is 0. The molecule has 0 unspecified atom stereocenters. The first-order valence-electron chi connectivity index (χ1n) is 6.02. The van der Waals surface area contributed by atoms with E-state index in [2.05, 4.69) is 0 Å². The third kappa shape index (κ3) is 3.92. The van der Waals surface area contributed by atoms with Gasteiger partial charge in [-0.2, -0.15) is 0 Å². The van der Waals surface area contributed by atoms with Gasteiger partial charge in [-0.05, 0) is 29.3 Å². The zero-order valence-electron chi connectivity index (χ0n) is 10.7. The standard InChI is InChI=1S/C15H14ClNO2S/c16-13-8-12(17)5-6-14(13)20-9-11-4-2-1-3-10(11)7-15(18)19/h1-6,8H,7,9,17H2,(H,18,19). The van der Waals surface area contributed by atoms with Gasteiger partial charge in [-0.3, -0.25) is 4.79 Å². The molecule has 0 saturated heterocycles. The van der Waals surface area contributed by atoms with Crippen LogP contribution < -0.4 is 5.73 Å². The van der Waals surface area contributed by atoms with Gasteiger partial charge in [-0.25, -0.2) is 0 Å². The van der Waals surface area contributed by atoms with Crippen molar-refractivity contribution in [3.63, 3.8) is 0 Å². The van der Waals surface area contributed by atoms with Gasteiger partial charge in [0.15, 0.2) is 0 Å². The van der Waals surface area contributed by atoms with E-state index >= 15 is 0 Å². The summed E-state index contributed by atoms with van der Waals surface area (Å²) in [4.78, 5) is 11.8. The third-order valence-electron chi connectivity index (χ3n) is 2.80. The number of carboxylic acids is 1. The number of benzene rings is 2. The van der Waals surface area contributed by atoms with Crippen LogP contribution in [0.3, 0.4) is 0 Å². The quantitative estimate of drug-likeness (QED) is 0.650. The van der Waals surface area contributed by atoms with Crippen molar-refractivity contribution in [2.24, 2.45) is 0 Å². The largest absolute Gasteiger partial charge is 0.481 e. The van der Waals surface area contributed by atoms with Crippen LogP contribution in [0.15, 0.2) is 47.4 Å². The van der Waals surface area contributed by atoms with E-state index in [-0.39, 0.29) is 6.42 Å². The van der Waals surface area contributed by atoms with Crippen LogP contribution in [-0.2, 0) is 17.0 Å². The molecule has 0 saturated carbocycles. The Labute approximate surface area is 126 Å². The van der Waals surface area contributed by atoms with Gasteiger partial charge >= 0.3 is 5.97 Å². The Hall–Kier alpha value is -1.65. The number of rotatable bonds is 5. The van der Waals surface area contributed by atoms with Crippen molar-refractivity contribution in [1.29, 1.82) is 0 Å². The van der Waals surface area contributed by atoms with Gasteiger partial charge in [0.25, 0.3) is 0 Å². The molecule has 0 amide bonds. The lowest BCUT2D eigenvalue weighted by molar-refractivity contribution is -0.136. The van der Waals surface area contributed by atoms with Crippen LogP contribution in [-0.4, -0.2) is 11.1 Å². The number of carboxylic acid groups (broad SMARTS) is 1. The molecular weight excluding hydrogens is 294 g/mol. The molecule has 0 bridgehead atoms. The van der Waals surface area contributed by atoms with Gasteiger partial charge in [0.05, 0.1) is 11.4 Å². The van der Waals surface area contributed by atoms with E-state index in [9.17, 15) is 4.79 Å². The molecule has 0 atom stereocenters. The molecule has 0 aliphatic rings. The van der Waals surface area contributed by atoms with E-state index in [0.29, 0.717) is 16.5 Å². The molecule has 2 rings (SSSR count). The number of hydrogen-bond donors (Lipinski definition) is 2. The maximum Gasteiger partial charge on any atom is 0.307 e. The van der Waals surface area contributed by atoms with E-state index in [4.69, 9.17) is 22.4 Å². The first-order chi connectivity index (χ1) is 9.56. The van der Waals surface area contributed by atoms with Crippen LogP contribution >= 0.6 is 23.4 Å². The molecule has 0 aromatic heterocycles. The second-order valence-electron chi connectivity index (χ2n) is 4.32. The average Bonchev–Trinajstić information content (AvgIpc) is 2.39. The second-order valence-corrected chi connectivity index (χ2v) is 5.74. The van der Waals surface area contributed by atoms with Gasteiger partial charge in [-0.1, -0.05) is 35.9 Å². The van der Waals surface area contributed by atoms with Crippen LogP contribution in [0, 0.1) is 0 Å². The summed E-state index contributed by atoms with van der Waals surface area (Å²) in [5.74, 6) is -0.152. The van der Waals surface area contributed by atoms with Crippen molar-refractivity contribution in [3.8, 4) is 0 Å². The number of hydrogen-bond acceptors (Lipinski definition) is 3. The maximum absolute atomic E-state index is 10.8. The Morgan fingerprint density at radius 2 is 1.90 bits per heavy atom. The van der Waals surface area contributed by atoms with E-state index < -0.39 is 5.97 Å². The van der Waals surface area contributed by atoms with Crippen molar-refractivity contribution in [3.05, 3.63) is 58.6 Å². The average molecular weight is 308 g/mol. The number of carbonyl (C=O) groups is 1. The van der Waals surface area contributed by atoms with E-state index in [1.54, 1.807) is 23.9 Å². The summed E-state index contributed by atoms with van der Waals surface area (Å²) in [5, 5.41) is 9.53. The topological polar surface area (TPSA) is 63.3 Å². The minimum absolute atomic E-state index is 0.0339. The molecule has 0 spiro atoms. The molecule has 0 radical (unpaired) electrons. The van der Waals surface area contributed by atoms with Gasteiger partial charge in [0.2, 0.25) is 0 Å². The van der Waals surface area contributed by atoms with Gasteiger partial charge in [-0.15, -0.1) is 11.8 Å².